The summed E-state index contributed by atoms with van der Waals surface area (Å²) in [6, 6.07) is 0. The van der Waals surface area contributed by atoms with Crippen molar-refractivity contribution in [2.75, 3.05) is 0 Å². The molecule has 0 radical (unpaired) electrons. The van der Waals surface area contributed by atoms with Gasteiger partial charge in [0.15, 0.2) is 6.10 Å². The van der Waals surface area contributed by atoms with E-state index in [0.29, 0.717) is 0 Å². The van der Waals surface area contributed by atoms with Crippen molar-refractivity contribution in [2.45, 2.75) is 45.2 Å². The predicted octanol–water partition coefficient (Wildman–Crippen LogP) is -0.394. The third kappa shape index (κ3) is 1.89. The molecule has 5 heteroatoms. The van der Waals surface area contributed by atoms with Gasteiger partial charge in [-0.05, 0) is 5.41 Å². The Kier molecular flexibility index (Phi) is 2.85. The lowest BCUT2D eigenvalue weighted by Crippen LogP contribution is -2.39. The number of aliphatic hydroxyl groups is 2. The van der Waals surface area contributed by atoms with Crippen LogP contribution in [-0.2, 0) is 9.53 Å². The molecular formula is C9H16O5. The van der Waals surface area contributed by atoms with Crippen LogP contribution in [0.2, 0.25) is 0 Å². The van der Waals surface area contributed by atoms with E-state index in [-0.39, 0.29) is 0 Å². The van der Waals surface area contributed by atoms with Crippen molar-refractivity contribution in [2.24, 2.45) is 5.41 Å². The highest BCUT2D eigenvalue weighted by Gasteiger charge is 2.50. The second-order valence-corrected chi connectivity index (χ2v) is 4.66. The van der Waals surface area contributed by atoms with Gasteiger partial charge < -0.3 is 20.1 Å². The largest absolute Gasteiger partial charge is 0.479 e. The van der Waals surface area contributed by atoms with Gasteiger partial charge in [0.1, 0.15) is 12.2 Å². The Morgan fingerprint density at radius 2 is 1.71 bits per heavy atom. The van der Waals surface area contributed by atoms with Crippen LogP contribution in [0.3, 0.4) is 0 Å². The maximum Gasteiger partial charge on any atom is 0.335 e. The van der Waals surface area contributed by atoms with E-state index in [1.54, 1.807) is 0 Å². The fraction of sp³-hybridized carbons (Fsp3) is 0.889. The van der Waals surface area contributed by atoms with Gasteiger partial charge in [0.25, 0.3) is 0 Å². The average Bonchev–Trinajstić information content (AvgIpc) is 2.28. The van der Waals surface area contributed by atoms with Crippen LogP contribution in [0.15, 0.2) is 0 Å². The number of aliphatic carboxylic acids is 1. The highest BCUT2D eigenvalue weighted by molar-refractivity contribution is 5.73. The summed E-state index contributed by atoms with van der Waals surface area (Å²) in [6.07, 6.45) is -4.47. The van der Waals surface area contributed by atoms with Crippen molar-refractivity contribution in [3.63, 3.8) is 0 Å². The minimum Gasteiger partial charge on any atom is -0.479 e. The van der Waals surface area contributed by atoms with E-state index in [9.17, 15) is 15.0 Å². The van der Waals surface area contributed by atoms with Crippen molar-refractivity contribution >= 4 is 5.97 Å². The number of hydrogen-bond donors (Lipinski definition) is 3. The van der Waals surface area contributed by atoms with Crippen LogP contribution in [0.25, 0.3) is 0 Å². The van der Waals surface area contributed by atoms with Gasteiger partial charge in [-0.3, -0.25) is 0 Å². The Morgan fingerprint density at radius 1 is 1.21 bits per heavy atom. The molecule has 0 amide bonds. The molecule has 1 aliphatic rings. The monoisotopic (exact) mass is 204 g/mol. The molecule has 82 valence electrons. The smallest absolute Gasteiger partial charge is 0.335 e. The van der Waals surface area contributed by atoms with Crippen LogP contribution in [-0.4, -0.2) is 45.7 Å². The van der Waals surface area contributed by atoms with E-state index in [1.165, 1.54) is 0 Å². The summed E-state index contributed by atoms with van der Waals surface area (Å²) in [4.78, 5) is 10.6. The molecule has 0 aromatic rings. The molecule has 0 aromatic carbocycles. The lowest BCUT2D eigenvalue weighted by atomic mass is 9.85. The van der Waals surface area contributed by atoms with Gasteiger partial charge in [-0.15, -0.1) is 0 Å². The molecule has 1 fully saturated rings. The molecule has 1 aliphatic heterocycles. The number of carboxylic acids is 1. The lowest BCUT2D eigenvalue weighted by molar-refractivity contribution is -0.155. The van der Waals surface area contributed by atoms with Gasteiger partial charge in [-0.1, -0.05) is 20.8 Å². The number of ether oxygens (including phenoxy) is 1. The highest BCUT2D eigenvalue weighted by atomic mass is 16.6. The number of rotatable bonds is 1. The van der Waals surface area contributed by atoms with Crippen LogP contribution < -0.4 is 0 Å². The first kappa shape index (κ1) is 11.4. The number of carboxylic acid groups (broad SMARTS) is 1. The van der Waals surface area contributed by atoms with Crippen LogP contribution >= 0.6 is 0 Å². The maximum absolute atomic E-state index is 10.6. The highest BCUT2D eigenvalue weighted by Crippen LogP contribution is 2.33. The third-order valence-electron chi connectivity index (χ3n) is 2.36. The van der Waals surface area contributed by atoms with Crippen molar-refractivity contribution in [3.05, 3.63) is 0 Å². The van der Waals surface area contributed by atoms with Gasteiger partial charge in [0, 0.05) is 0 Å². The molecule has 0 unspecified atom stereocenters. The lowest BCUT2D eigenvalue weighted by Gasteiger charge is -2.28. The summed E-state index contributed by atoms with van der Waals surface area (Å²) >= 11 is 0. The van der Waals surface area contributed by atoms with Gasteiger partial charge in [-0.25, -0.2) is 4.79 Å². The quantitative estimate of drug-likeness (QED) is 0.541. The summed E-state index contributed by atoms with van der Waals surface area (Å²) in [5.41, 5.74) is -0.398. The van der Waals surface area contributed by atoms with E-state index in [2.05, 4.69) is 0 Å². The predicted molar refractivity (Wildman–Crippen MR) is 47.8 cm³/mol. The molecule has 0 saturated carbocycles. The van der Waals surface area contributed by atoms with Crippen molar-refractivity contribution < 1.29 is 24.9 Å². The molecule has 1 rings (SSSR count). The molecule has 5 nitrogen and oxygen atoms in total. The van der Waals surface area contributed by atoms with Crippen molar-refractivity contribution in [3.8, 4) is 0 Å². The molecule has 1 heterocycles. The standard InChI is InChI=1S/C9H16O5/c1-9(2,3)7-5(11)4(10)6(14-7)8(12)13/h4-7,10-11H,1-3H3,(H,12,13)/t4-,5+,6-,7-/m0/s1. The van der Waals surface area contributed by atoms with Crippen LogP contribution in [0.1, 0.15) is 20.8 Å². The summed E-state index contributed by atoms with van der Waals surface area (Å²) < 4.78 is 5.11. The Morgan fingerprint density at radius 3 is 1.93 bits per heavy atom. The third-order valence-corrected chi connectivity index (χ3v) is 2.36. The topological polar surface area (TPSA) is 87.0 Å². The first-order valence-corrected chi connectivity index (χ1v) is 4.49. The summed E-state index contributed by atoms with van der Waals surface area (Å²) in [7, 11) is 0. The van der Waals surface area contributed by atoms with Crippen LogP contribution in [0.4, 0.5) is 0 Å². The Balaban J connectivity index is 2.82. The average molecular weight is 204 g/mol. The fourth-order valence-corrected chi connectivity index (χ4v) is 1.60. The van der Waals surface area contributed by atoms with Crippen molar-refractivity contribution in [1.29, 1.82) is 0 Å². The first-order valence-electron chi connectivity index (χ1n) is 4.49. The molecule has 0 aliphatic carbocycles. The maximum atomic E-state index is 10.6. The van der Waals surface area contributed by atoms with E-state index in [4.69, 9.17) is 9.84 Å². The van der Waals surface area contributed by atoms with Crippen molar-refractivity contribution in [1.82, 2.24) is 0 Å². The summed E-state index contributed by atoms with van der Waals surface area (Å²) in [6.45, 7) is 5.45. The zero-order valence-corrected chi connectivity index (χ0v) is 8.47. The molecule has 0 spiro atoms. The first-order chi connectivity index (χ1) is 6.25. The SMILES string of the molecule is CC(C)(C)[C@H]1O[C@H](C(=O)O)[C@@H](O)[C@H]1O. The summed E-state index contributed by atoms with van der Waals surface area (Å²) in [5.74, 6) is -1.25. The molecule has 3 N–H and O–H groups in total. The number of aliphatic hydroxyl groups excluding tert-OH is 2. The molecule has 1 saturated heterocycles. The van der Waals surface area contributed by atoms with Gasteiger partial charge in [-0.2, -0.15) is 0 Å². The molecule has 0 bridgehead atoms. The van der Waals surface area contributed by atoms with E-state index < -0.39 is 35.8 Å². The van der Waals surface area contributed by atoms with E-state index in [1.807, 2.05) is 20.8 Å². The minimum absolute atomic E-state index is 0.398. The van der Waals surface area contributed by atoms with Crippen LogP contribution in [0.5, 0.6) is 0 Å². The zero-order valence-electron chi connectivity index (χ0n) is 8.47. The summed E-state index contributed by atoms with van der Waals surface area (Å²) in [5, 5.41) is 27.7. The Labute approximate surface area is 82.3 Å². The van der Waals surface area contributed by atoms with Crippen LogP contribution in [0, 0.1) is 5.41 Å². The molecule has 14 heavy (non-hydrogen) atoms. The second-order valence-electron chi connectivity index (χ2n) is 4.66. The van der Waals surface area contributed by atoms with Gasteiger partial charge >= 0.3 is 5.97 Å². The number of hydrogen-bond acceptors (Lipinski definition) is 4. The minimum atomic E-state index is -1.35. The molecule has 0 aromatic heterocycles. The normalized spacial score (nSPS) is 38.6. The number of carbonyl (C=O) groups is 1. The molecule has 4 atom stereocenters. The van der Waals surface area contributed by atoms with Gasteiger partial charge in [0.2, 0.25) is 0 Å². The van der Waals surface area contributed by atoms with E-state index >= 15 is 0 Å². The van der Waals surface area contributed by atoms with Gasteiger partial charge in [0.05, 0.1) is 6.10 Å². The van der Waals surface area contributed by atoms with E-state index in [0.717, 1.165) is 0 Å². The Bertz CT molecular complexity index is 232. The Hall–Kier alpha value is -0.650. The molecular weight excluding hydrogens is 188 g/mol. The second kappa shape index (κ2) is 3.49. The fourth-order valence-electron chi connectivity index (χ4n) is 1.60. The zero-order chi connectivity index (χ0) is 11.1.